The molecule has 1 aromatic carbocycles. The molecule has 0 saturated carbocycles. The minimum Gasteiger partial charge on any atom is -0.294 e. The van der Waals surface area contributed by atoms with Crippen molar-refractivity contribution in [3.8, 4) is 0 Å². The third-order valence-electron chi connectivity index (χ3n) is 3.00. The Morgan fingerprint density at radius 1 is 1.33 bits per heavy atom. The molecule has 0 spiro atoms. The average Bonchev–Trinajstić information content (AvgIpc) is 2.93. The summed E-state index contributed by atoms with van der Waals surface area (Å²) in [4.78, 5) is 11.7. The van der Waals surface area contributed by atoms with Crippen molar-refractivity contribution in [1.82, 2.24) is 9.78 Å². The van der Waals surface area contributed by atoms with E-state index in [-0.39, 0.29) is 10.7 Å². The topological polar surface area (TPSA) is 81.1 Å². The molecule has 0 atom stereocenters. The van der Waals surface area contributed by atoms with E-state index in [1.54, 1.807) is 29.9 Å². The summed E-state index contributed by atoms with van der Waals surface area (Å²) in [5, 5.41) is 4.01. The van der Waals surface area contributed by atoms with E-state index in [1.807, 2.05) is 6.92 Å². The van der Waals surface area contributed by atoms with Crippen molar-refractivity contribution in [2.75, 3.05) is 4.72 Å². The van der Waals surface area contributed by atoms with Gasteiger partial charge in [0.25, 0.3) is 10.0 Å². The third-order valence-corrected chi connectivity index (χ3v) is 4.38. The third kappa shape index (κ3) is 3.49. The Morgan fingerprint density at radius 3 is 2.71 bits per heavy atom. The first-order chi connectivity index (χ1) is 9.96. The van der Waals surface area contributed by atoms with Gasteiger partial charge in [-0.15, -0.1) is 0 Å². The molecule has 0 aliphatic heterocycles. The van der Waals surface area contributed by atoms with Crippen molar-refractivity contribution >= 4 is 21.5 Å². The Kier molecular flexibility index (Phi) is 4.42. The van der Waals surface area contributed by atoms with Crippen LogP contribution in [0.4, 0.5) is 5.69 Å². The standard InChI is InChI=1S/C14H17N3O3S/c1-3-14(18)11-6-5-7-13(8-11)21(19,20)16-12-9-15-17(4-2)10-12/h5-10,16H,3-4H2,1-2H3. The Morgan fingerprint density at radius 2 is 2.10 bits per heavy atom. The molecule has 7 heteroatoms. The first kappa shape index (κ1) is 15.2. The molecule has 0 radical (unpaired) electrons. The van der Waals surface area contributed by atoms with Crippen LogP contribution in [0.1, 0.15) is 30.6 Å². The van der Waals surface area contributed by atoms with Crippen LogP contribution in [0.2, 0.25) is 0 Å². The first-order valence-electron chi connectivity index (χ1n) is 6.64. The van der Waals surface area contributed by atoms with Crippen LogP contribution in [0.25, 0.3) is 0 Å². The van der Waals surface area contributed by atoms with Gasteiger partial charge < -0.3 is 0 Å². The van der Waals surface area contributed by atoms with Gasteiger partial charge in [0.1, 0.15) is 0 Å². The summed E-state index contributed by atoms with van der Waals surface area (Å²) in [5.41, 5.74) is 0.786. The number of aryl methyl sites for hydroxylation is 1. The number of Topliss-reactive ketones (excluding diaryl/α,β-unsaturated/α-hetero) is 1. The number of sulfonamides is 1. The van der Waals surface area contributed by atoms with Crippen molar-refractivity contribution in [1.29, 1.82) is 0 Å². The summed E-state index contributed by atoms with van der Waals surface area (Å²) in [6.45, 7) is 4.30. The molecule has 1 N–H and O–H groups in total. The summed E-state index contributed by atoms with van der Waals surface area (Å²) in [6.07, 6.45) is 3.39. The smallest absolute Gasteiger partial charge is 0.262 e. The van der Waals surface area contributed by atoms with Crippen molar-refractivity contribution in [3.63, 3.8) is 0 Å². The minimum absolute atomic E-state index is 0.0612. The maximum absolute atomic E-state index is 12.3. The van der Waals surface area contributed by atoms with Crippen molar-refractivity contribution in [3.05, 3.63) is 42.2 Å². The van der Waals surface area contributed by atoms with E-state index in [9.17, 15) is 13.2 Å². The molecule has 1 aromatic heterocycles. The second-order valence-electron chi connectivity index (χ2n) is 4.49. The SMILES string of the molecule is CCC(=O)c1cccc(S(=O)(=O)Nc2cnn(CC)c2)c1. The summed E-state index contributed by atoms with van der Waals surface area (Å²) >= 11 is 0. The molecule has 0 aliphatic rings. The van der Waals surface area contributed by atoms with Crippen LogP contribution in [0.15, 0.2) is 41.6 Å². The molecule has 0 fully saturated rings. The molecule has 0 aliphatic carbocycles. The lowest BCUT2D eigenvalue weighted by Crippen LogP contribution is -2.13. The van der Waals surface area contributed by atoms with E-state index in [0.717, 1.165) is 0 Å². The van der Waals surface area contributed by atoms with Gasteiger partial charge in [-0.2, -0.15) is 5.10 Å². The summed E-state index contributed by atoms with van der Waals surface area (Å²) in [5.74, 6) is -0.0918. The number of hydrogen-bond acceptors (Lipinski definition) is 4. The highest BCUT2D eigenvalue weighted by Crippen LogP contribution is 2.17. The van der Waals surface area contributed by atoms with Gasteiger partial charge in [0.15, 0.2) is 5.78 Å². The highest BCUT2D eigenvalue weighted by atomic mass is 32.2. The predicted molar refractivity (Wildman–Crippen MR) is 79.8 cm³/mol. The fourth-order valence-corrected chi connectivity index (χ4v) is 2.92. The number of anilines is 1. The molecule has 2 aromatic rings. The van der Waals surface area contributed by atoms with E-state index < -0.39 is 10.0 Å². The van der Waals surface area contributed by atoms with Gasteiger partial charge in [0.2, 0.25) is 0 Å². The van der Waals surface area contributed by atoms with Gasteiger partial charge in [0.05, 0.1) is 16.8 Å². The minimum atomic E-state index is -3.73. The number of ketones is 1. The number of hydrogen-bond donors (Lipinski definition) is 1. The van der Waals surface area contributed by atoms with E-state index in [0.29, 0.717) is 24.2 Å². The van der Waals surface area contributed by atoms with Crippen LogP contribution in [0.3, 0.4) is 0 Å². The Hall–Kier alpha value is -2.15. The summed E-state index contributed by atoms with van der Waals surface area (Å²) < 4.78 is 28.7. The van der Waals surface area contributed by atoms with E-state index in [4.69, 9.17) is 0 Å². The molecule has 112 valence electrons. The second-order valence-corrected chi connectivity index (χ2v) is 6.18. The van der Waals surface area contributed by atoms with Gasteiger partial charge in [0, 0.05) is 24.7 Å². The van der Waals surface area contributed by atoms with Crippen LogP contribution in [-0.2, 0) is 16.6 Å². The number of aromatic nitrogens is 2. The number of nitrogens with one attached hydrogen (secondary N) is 1. The molecular formula is C14H17N3O3S. The fraction of sp³-hybridized carbons (Fsp3) is 0.286. The summed E-state index contributed by atoms with van der Waals surface area (Å²) in [7, 11) is -3.73. The zero-order valence-corrected chi connectivity index (χ0v) is 12.7. The lowest BCUT2D eigenvalue weighted by atomic mass is 10.1. The molecule has 0 saturated heterocycles. The number of carbonyl (C=O) groups is 1. The lowest BCUT2D eigenvalue weighted by Gasteiger charge is -2.07. The number of rotatable bonds is 6. The molecule has 21 heavy (non-hydrogen) atoms. The van der Waals surface area contributed by atoms with Gasteiger partial charge in [-0.05, 0) is 19.1 Å². The highest BCUT2D eigenvalue weighted by molar-refractivity contribution is 7.92. The van der Waals surface area contributed by atoms with Crippen molar-refractivity contribution < 1.29 is 13.2 Å². The molecule has 6 nitrogen and oxygen atoms in total. The predicted octanol–water partition coefficient (Wildman–Crippen LogP) is 2.30. The largest absolute Gasteiger partial charge is 0.294 e. The quantitative estimate of drug-likeness (QED) is 0.830. The molecule has 2 rings (SSSR count). The van der Waals surface area contributed by atoms with E-state index in [2.05, 4.69) is 9.82 Å². The van der Waals surface area contributed by atoms with E-state index in [1.165, 1.54) is 18.3 Å². The average molecular weight is 307 g/mol. The molecule has 0 unspecified atom stereocenters. The second kappa shape index (κ2) is 6.09. The van der Waals surface area contributed by atoms with Crippen LogP contribution in [-0.4, -0.2) is 24.0 Å². The van der Waals surface area contributed by atoms with E-state index >= 15 is 0 Å². The Labute approximate surface area is 123 Å². The van der Waals surface area contributed by atoms with Gasteiger partial charge in [-0.3, -0.25) is 14.2 Å². The Bertz CT molecular complexity index is 750. The zero-order valence-electron chi connectivity index (χ0n) is 11.9. The van der Waals surface area contributed by atoms with Gasteiger partial charge in [-0.1, -0.05) is 19.1 Å². The number of carbonyl (C=O) groups excluding carboxylic acids is 1. The van der Waals surface area contributed by atoms with Crippen LogP contribution in [0, 0.1) is 0 Å². The monoisotopic (exact) mass is 307 g/mol. The first-order valence-corrected chi connectivity index (χ1v) is 8.13. The van der Waals surface area contributed by atoms with Crippen molar-refractivity contribution in [2.24, 2.45) is 0 Å². The fourth-order valence-electron chi connectivity index (χ4n) is 1.84. The maximum atomic E-state index is 12.3. The molecular weight excluding hydrogens is 290 g/mol. The normalized spacial score (nSPS) is 11.3. The van der Waals surface area contributed by atoms with Gasteiger partial charge in [-0.25, -0.2) is 8.42 Å². The molecule has 0 amide bonds. The zero-order chi connectivity index (χ0) is 15.5. The van der Waals surface area contributed by atoms with Crippen LogP contribution >= 0.6 is 0 Å². The highest BCUT2D eigenvalue weighted by Gasteiger charge is 2.16. The van der Waals surface area contributed by atoms with Crippen LogP contribution < -0.4 is 4.72 Å². The number of nitrogens with zero attached hydrogens (tertiary/aromatic N) is 2. The summed E-state index contributed by atoms with van der Waals surface area (Å²) in [6, 6.07) is 6.02. The van der Waals surface area contributed by atoms with Crippen LogP contribution in [0.5, 0.6) is 0 Å². The lowest BCUT2D eigenvalue weighted by molar-refractivity contribution is 0.0988. The number of benzene rings is 1. The van der Waals surface area contributed by atoms with Crippen molar-refractivity contribution in [2.45, 2.75) is 31.7 Å². The molecule has 0 bridgehead atoms. The Balaban J connectivity index is 2.29. The molecule has 1 heterocycles. The van der Waals surface area contributed by atoms with Gasteiger partial charge >= 0.3 is 0 Å². The maximum Gasteiger partial charge on any atom is 0.262 e.